The minimum atomic E-state index is -0.0521. The Hall–Kier alpha value is -1.04. The number of aryl methyl sites for hydroxylation is 1. The van der Waals surface area contributed by atoms with Crippen molar-refractivity contribution in [3.8, 4) is 0 Å². The highest BCUT2D eigenvalue weighted by atomic mass is 127. The van der Waals surface area contributed by atoms with Crippen molar-refractivity contribution in [2.75, 3.05) is 7.05 Å². The fourth-order valence-corrected chi connectivity index (χ4v) is 2.18. The van der Waals surface area contributed by atoms with Gasteiger partial charge < -0.3 is 9.88 Å². The number of aromatic nitrogens is 1. The topological polar surface area (TPSA) is 34.0 Å². The molecule has 1 heterocycles. The fraction of sp³-hybridized carbons (Fsp3) is 0.182. The molecule has 3 nitrogen and oxygen atoms in total. The molecule has 0 fully saturated rings. The summed E-state index contributed by atoms with van der Waals surface area (Å²) in [4.78, 5) is 11.6. The van der Waals surface area contributed by atoms with Gasteiger partial charge in [-0.25, -0.2) is 0 Å². The SMILES string of the molecule is CNC(=O)c1cc2cc(I)ccc2n1C. The maximum absolute atomic E-state index is 11.6. The van der Waals surface area contributed by atoms with Gasteiger partial charge >= 0.3 is 0 Å². The van der Waals surface area contributed by atoms with E-state index in [1.54, 1.807) is 7.05 Å². The normalized spacial score (nSPS) is 10.6. The molecule has 0 saturated heterocycles. The Morgan fingerprint density at radius 3 is 2.80 bits per heavy atom. The Bertz CT molecular complexity index is 531. The molecule has 2 aromatic rings. The van der Waals surface area contributed by atoms with Crippen molar-refractivity contribution in [3.63, 3.8) is 0 Å². The van der Waals surface area contributed by atoms with Gasteiger partial charge in [0.1, 0.15) is 5.69 Å². The number of nitrogens with one attached hydrogen (secondary N) is 1. The number of benzene rings is 1. The summed E-state index contributed by atoms with van der Waals surface area (Å²) in [6.45, 7) is 0. The van der Waals surface area contributed by atoms with E-state index in [1.807, 2.05) is 29.8 Å². The first-order valence-corrected chi connectivity index (χ1v) is 5.68. The van der Waals surface area contributed by atoms with E-state index < -0.39 is 0 Å². The van der Waals surface area contributed by atoms with Crippen LogP contribution in [0.3, 0.4) is 0 Å². The first-order valence-electron chi connectivity index (χ1n) is 4.60. The zero-order valence-electron chi connectivity index (χ0n) is 8.54. The molecule has 78 valence electrons. The van der Waals surface area contributed by atoms with Crippen molar-refractivity contribution in [2.24, 2.45) is 7.05 Å². The number of amides is 1. The summed E-state index contributed by atoms with van der Waals surface area (Å²) >= 11 is 2.27. The lowest BCUT2D eigenvalue weighted by Crippen LogP contribution is -2.20. The zero-order chi connectivity index (χ0) is 11.0. The van der Waals surface area contributed by atoms with Crippen LogP contribution in [0.25, 0.3) is 10.9 Å². The molecule has 1 amide bonds. The summed E-state index contributed by atoms with van der Waals surface area (Å²) in [5.41, 5.74) is 1.77. The van der Waals surface area contributed by atoms with Crippen LogP contribution in [0.2, 0.25) is 0 Å². The molecule has 0 aliphatic rings. The highest BCUT2D eigenvalue weighted by Gasteiger charge is 2.11. The van der Waals surface area contributed by atoms with E-state index in [1.165, 1.54) is 3.57 Å². The molecule has 0 atom stereocenters. The maximum Gasteiger partial charge on any atom is 0.267 e. The fourth-order valence-electron chi connectivity index (χ4n) is 1.67. The summed E-state index contributed by atoms with van der Waals surface area (Å²) < 4.78 is 3.08. The second-order valence-electron chi connectivity index (χ2n) is 3.37. The van der Waals surface area contributed by atoms with Crippen molar-refractivity contribution in [1.82, 2.24) is 9.88 Å². The lowest BCUT2D eigenvalue weighted by molar-refractivity contribution is 0.0955. The van der Waals surface area contributed by atoms with Crippen LogP contribution >= 0.6 is 22.6 Å². The zero-order valence-corrected chi connectivity index (χ0v) is 10.7. The van der Waals surface area contributed by atoms with E-state index in [-0.39, 0.29) is 5.91 Å². The Morgan fingerprint density at radius 1 is 1.40 bits per heavy atom. The van der Waals surface area contributed by atoms with Crippen molar-refractivity contribution >= 4 is 39.4 Å². The minimum absolute atomic E-state index is 0.0521. The van der Waals surface area contributed by atoms with E-state index in [0.717, 1.165) is 10.9 Å². The van der Waals surface area contributed by atoms with Gasteiger partial charge in [0, 0.05) is 28.6 Å². The standard InChI is InChI=1S/C11H11IN2O/c1-13-11(15)10-6-7-5-8(12)3-4-9(7)14(10)2/h3-6H,1-2H3,(H,13,15). The maximum atomic E-state index is 11.6. The smallest absolute Gasteiger partial charge is 0.267 e. The molecule has 1 aromatic carbocycles. The van der Waals surface area contributed by atoms with Gasteiger partial charge in [0.05, 0.1) is 0 Å². The molecule has 0 aliphatic heterocycles. The van der Waals surface area contributed by atoms with E-state index >= 15 is 0 Å². The van der Waals surface area contributed by atoms with Crippen molar-refractivity contribution in [3.05, 3.63) is 33.5 Å². The molecule has 15 heavy (non-hydrogen) atoms. The molecule has 0 bridgehead atoms. The van der Waals surface area contributed by atoms with Gasteiger partial charge in [0.2, 0.25) is 0 Å². The van der Waals surface area contributed by atoms with Gasteiger partial charge in [-0.2, -0.15) is 0 Å². The first-order chi connectivity index (χ1) is 7.13. The first kappa shape index (κ1) is 10.5. The Balaban J connectivity index is 2.69. The van der Waals surface area contributed by atoms with Crippen LogP contribution in [-0.2, 0) is 7.05 Å². The summed E-state index contributed by atoms with van der Waals surface area (Å²) in [6.07, 6.45) is 0. The highest BCUT2D eigenvalue weighted by Crippen LogP contribution is 2.20. The average molecular weight is 314 g/mol. The number of nitrogens with zero attached hydrogens (tertiary/aromatic N) is 1. The number of fused-ring (bicyclic) bond motifs is 1. The third-order valence-electron chi connectivity index (χ3n) is 2.46. The van der Waals surface area contributed by atoms with Crippen LogP contribution < -0.4 is 5.32 Å². The van der Waals surface area contributed by atoms with Crippen molar-refractivity contribution in [1.29, 1.82) is 0 Å². The summed E-state index contributed by atoms with van der Waals surface area (Å²) in [6, 6.07) is 8.05. The van der Waals surface area contributed by atoms with E-state index in [0.29, 0.717) is 5.69 Å². The number of hydrogen-bond donors (Lipinski definition) is 1. The van der Waals surface area contributed by atoms with Gasteiger partial charge in [-0.15, -0.1) is 0 Å². The monoisotopic (exact) mass is 314 g/mol. The molecular formula is C11H11IN2O. The van der Waals surface area contributed by atoms with E-state index in [4.69, 9.17) is 0 Å². The van der Waals surface area contributed by atoms with Crippen molar-refractivity contribution < 1.29 is 4.79 Å². The quantitative estimate of drug-likeness (QED) is 0.804. The predicted molar refractivity (Wildman–Crippen MR) is 69.0 cm³/mol. The number of carbonyl (C=O) groups excluding carboxylic acids is 1. The number of carbonyl (C=O) groups is 1. The third kappa shape index (κ3) is 1.73. The Labute approximate surface area is 102 Å². The molecule has 0 spiro atoms. The molecule has 0 unspecified atom stereocenters. The van der Waals surface area contributed by atoms with Gasteiger partial charge in [0.15, 0.2) is 0 Å². The third-order valence-corrected chi connectivity index (χ3v) is 3.14. The minimum Gasteiger partial charge on any atom is -0.354 e. The molecular weight excluding hydrogens is 303 g/mol. The molecule has 2 rings (SSSR count). The Kier molecular flexibility index (Phi) is 2.68. The molecule has 1 N–H and O–H groups in total. The largest absolute Gasteiger partial charge is 0.354 e. The van der Waals surface area contributed by atoms with Gasteiger partial charge in [-0.05, 0) is 46.9 Å². The predicted octanol–water partition coefficient (Wildman–Crippen LogP) is 2.14. The molecule has 0 aliphatic carbocycles. The number of hydrogen-bond acceptors (Lipinski definition) is 1. The lowest BCUT2D eigenvalue weighted by atomic mass is 10.2. The van der Waals surface area contributed by atoms with Gasteiger partial charge in [0.25, 0.3) is 5.91 Å². The van der Waals surface area contributed by atoms with Crippen LogP contribution in [0.15, 0.2) is 24.3 Å². The van der Waals surface area contributed by atoms with Gasteiger partial charge in [-0.3, -0.25) is 4.79 Å². The summed E-state index contributed by atoms with van der Waals surface area (Å²) in [5.74, 6) is -0.0521. The second-order valence-corrected chi connectivity index (χ2v) is 4.62. The summed E-state index contributed by atoms with van der Waals surface area (Å²) in [5, 5.41) is 3.74. The van der Waals surface area contributed by atoms with Gasteiger partial charge in [-0.1, -0.05) is 0 Å². The van der Waals surface area contributed by atoms with E-state index in [9.17, 15) is 4.79 Å². The molecule has 0 saturated carbocycles. The van der Waals surface area contributed by atoms with Crippen LogP contribution in [0.4, 0.5) is 0 Å². The van der Waals surface area contributed by atoms with Crippen LogP contribution in [-0.4, -0.2) is 17.5 Å². The molecule has 0 radical (unpaired) electrons. The summed E-state index contributed by atoms with van der Waals surface area (Å²) in [7, 11) is 3.55. The van der Waals surface area contributed by atoms with Crippen LogP contribution in [0, 0.1) is 3.57 Å². The van der Waals surface area contributed by atoms with Crippen LogP contribution in [0.5, 0.6) is 0 Å². The van der Waals surface area contributed by atoms with Crippen LogP contribution in [0.1, 0.15) is 10.5 Å². The second kappa shape index (κ2) is 3.84. The number of halogens is 1. The highest BCUT2D eigenvalue weighted by molar-refractivity contribution is 14.1. The van der Waals surface area contributed by atoms with E-state index in [2.05, 4.69) is 34.0 Å². The molecule has 1 aromatic heterocycles. The van der Waals surface area contributed by atoms with Crippen molar-refractivity contribution in [2.45, 2.75) is 0 Å². The lowest BCUT2D eigenvalue weighted by Gasteiger charge is -2.01. The average Bonchev–Trinajstić information content (AvgIpc) is 2.54. The number of rotatable bonds is 1. The molecule has 4 heteroatoms. The Morgan fingerprint density at radius 2 is 2.13 bits per heavy atom.